The van der Waals surface area contributed by atoms with E-state index in [9.17, 15) is 8.78 Å². The SMILES string of the molecule is CCOc1cc(Cl)c(OC(F)F)c(Cl)c1. The zero-order valence-electron chi connectivity index (χ0n) is 7.77. The maximum Gasteiger partial charge on any atom is 0.387 e. The summed E-state index contributed by atoms with van der Waals surface area (Å²) in [6, 6.07) is 2.74. The van der Waals surface area contributed by atoms with Crippen molar-refractivity contribution in [3.8, 4) is 11.5 Å². The number of alkyl halides is 2. The van der Waals surface area contributed by atoms with Gasteiger partial charge in [-0.3, -0.25) is 0 Å². The van der Waals surface area contributed by atoms with Gasteiger partial charge < -0.3 is 9.47 Å². The van der Waals surface area contributed by atoms with E-state index in [2.05, 4.69) is 4.74 Å². The lowest BCUT2D eigenvalue weighted by atomic mass is 10.3. The fraction of sp³-hybridized carbons (Fsp3) is 0.333. The molecule has 1 rings (SSSR count). The largest absolute Gasteiger partial charge is 0.494 e. The summed E-state index contributed by atoms with van der Waals surface area (Å²) in [6.07, 6.45) is 0. The van der Waals surface area contributed by atoms with Gasteiger partial charge in [-0.05, 0) is 6.92 Å². The van der Waals surface area contributed by atoms with Gasteiger partial charge >= 0.3 is 6.61 Å². The molecule has 0 spiro atoms. The Morgan fingerprint density at radius 1 is 1.27 bits per heavy atom. The average Bonchev–Trinajstić information content (AvgIpc) is 2.11. The summed E-state index contributed by atoms with van der Waals surface area (Å²) < 4.78 is 33.2. The Kier molecular flexibility index (Phi) is 4.42. The third-order valence-electron chi connectivity index (χ3n) is 1.49. The van der Waals surface area contributed by atoms with Crippen molar-refractivity contribution in [2.75, 3.05) is 6.61 Å². The fourth-order valence-corrected chi connectivity index (χ4v) is 1.54. The van der Waals surface area contributed by atoms with Crippen LogP contribution in [0.3, 0.4) is 0 Å². The van der Waals surface area contributed by atoms with Gasteiger partial charge in [0, 0.05) is 12.1 Å². The van der Waals surface area contributed by atoms with Crippen molar-refractivity contribution < 1.29 is 18.3 Å². The third kappa shape index (κ3) is 3.39. The minimum absolute atomic E-state index is 0.00810. The second kappa shape index (κ2) is 5.37. The van der Waals surface area contributed by atoms with E-state index in [0.29, 0.717) is 12.4 Å². The number of hydrogen-bond acceptors (Lipinski definition) is 2. The van der Waals surface area contributed by atoms with Crippen molar-refractivity contribution >= 4 is 23.2 Å². The number of benzene rings is 1. The highest BCUT2D eigenvalue weighted by molar-refractivity contribution is 6.37. The number of halogens is 4. The first-order valence-corrected chi connectivity index (χ1v) is 4.86. The second-order valence-corrected chi connectivity index (χ2v) is 3.34. The van der Waals surface area contributed by atoms with Gasteiger partial charge in [-0.2, -0.15) is 8.78 Å². The Hall–Kier alpha value is -0.740. The first kappa shape index (κ1) is 12.3. The summed E-state index contributed by atoms with van der Waals surface area (Å²) in [5.74, 6) is 0.172. The molecule has 0 saturated carbocycles. The highest BCUT2D eigenvalue weighted by Gasteiger charge is 2.14. The van der Waals surface area contributed by atoms with Crippen LogP contribution in [-0.4, -0.2) is 13.2 Å². The first-order valence-electron chi connectivity index (χ1n) is 4.11. The number of ether oxygens (including phenoxy) is 2. The molecule has 0 aliphatic rings. The Balaban J connectivity index is 2.98. The van der Waals surface area contributed by atoms with E-state index in [1.807, 2.05) is 0 Å². The first-order chi connectivity index (χ1) is 7.04. The molecule has 0 radical (unpaired) electrons. The van der Waals surface area contributed by atoms with Crippen LogP contribution in [0.25, 0.3) is 0 Å². The molecule has 1 aromatic rings. The van der Waals surface area contributed by atoms with Crippen LogP contribution >= 0.6 is 23.2 Å². The quantitative estimate of drug-likeness (QED) is 0.811. The van der Waals surface area contributed by atoms with Crippen molar-refractivity contribution in [3.63, 3.8) is 0 Å². The van der Waals surface area contributed by atoms with Crippen molar-refractivity contribution in [1.29, 1.82) is 0 Å². The summed E-state index contributed by atoms with van der Waals surface area (Å²) in [6.45, 7) is -0.745. The predicted octanol–water partition coefficient (Wildman–Crippen LogP) is 3.99. The normalized spacial score (nSPS) is 10.5. The molecule has 1 aromatic carbocycles. The van der Waals surface area contributed by atoms with Gasteiger partial charge in [-0.1, -0.05) is 23.2 Å². The maximum absolute atomic E-state index is 12.0. The lowest BCUT2D eigenvalue weighted by Crippen LogP contribution is -2.03. The predicted molar refractivity (Wildman–Crippen MR) is 54.3 cm³/mol. The maximum atomic E-state index is 12.0. The molecule has 0 N–H and O–H groups in total. The molecule has 0 saturated heterocycles. The van der Waals surface area contributed by atoms with Crippen LogP contribution in [0.2, 0.25) is 10.0 Å². The van der Waals surface area contributed by atoms with E-state index < -0.39 is 6.61 Å². The van der Waals surface area contributed by atoms with Gasteiger partial charge in [0.05, 0.1) is 16.7 Å². The summed E-state index contributed by atoms with van der Waals surface area (Å²) in [5, 5.41) is -0.0162. The Bertz CT molecular complexity index is 322. The standard InChI is InChI=1S/C9H8Cl2F2O2/c1-2-14-5-3-6(10)8(7(11)4-5)15-9(12)13/h3-4,9H,2H2,1H3. The molecule has 0 bridgehead atoms. The lowest BCUT2D eigenvalue weighted by molar-refractivity contribution is -0.0497. The van der Waals surface area contributed by atoms with Crippen LogP contribution in [-0.2, 0) is 0 Å². The van der Waals surface area contributed by atoms with Crippen LogP contribution < -0.4 is 9.47 Å². The second-order valence-electron chi connectivity index (χ2n) is 2.53. The monoisotopic (exact) mass is 256 g/mol. The highest BCUT2D eigenvalue weighted by Crippen LogP contribution is 2.37. The molecule has 2 nitrogen and oxygen atoms in total. The molecule has 0 fully saturated rings. The van der Waals surface area contributed by atoms with Gasteiger partial charge in [0.2, 0.25) is 0 Å². The van der Waals surface area contributed by atoms with Crippen molar-refractivity contribution in [3.05, 3.63) is 22.2 Å². The fourth-order valence-electron chi connectivity index (χ4n) is 0.988. The van der Waals surface area contributed by atoms with Crippen molar-refractivity contribution in [2.24, 2.45) is 0 Å². The molecule has 0 unspecified atom stereocenters. The molecule has 0 aromatic heterocycles. The van der Waals surface area contributed by atoms with E-state index in [-0.39, 0.29) is 15.8 Å². The van der Waals surface area contributed by atoms with Gasteiger partial charge in [-0.25, -0.2) is 0 Å². The van der Waals surface area contributed by atoms with Gasteiger partial charge in [0.15, 0.2) is 5.75 Å². The van der Waals surface area contributed by atoms with Gasteiger partial charge in [0.1, 0.15) is 5.75 Å². The Labute approximate surface area is 95.7 Å². The molecule has 0 amide bonds. The molecule has 0 heterocycles. The smallest absolute Gasteiger partial charge is 0.387 e. The zero-order valence-corrected chi connectivity index (χ0v) is 9.28. The van der Waals surface area contributed by atoms with E-state index in [1.165, 1.54) is 12.1 Å². The number of rotatable bonds is 4. The molecular formula is C9H8Cl2F2O2. The van der Waals surface area contributed by atoms with Crippen LogP contribution in [0, 0.1) is 0 Å². The van der Waals surface area contributed by atoms with Gasteiger partial charge in [0.25, 0.3) is 0 Å². The zero-order chi connectivity index (χ0) is 11.4. The highest BCUT2D eigenvalue weighted by atomic mass is 35.5. The van der Waals surface area contributed by atoms with Crippen molar-refractivity contribution in [1.82, 2.24) is 0 Å². The minimum atomic E-state index is -2.96. The molecule has 0 aliphatic carbocycles. The molecule has 0 aliphatic heterocycles. The van der Waals surface area contributed by atoms with E-state index in [0.717, 1.165) is 0 Å². The number of hydrogen-bond donors (Lipinski definition) is 0. The molecule has 0 atom stereocenters. The van der Waals surface area contributed by atoms with Crippen LogP contribution in [0.5, 0.6) is 11.5 Å². The average molecular weight is 257 g/mol. The molecule has 15 heavy (non-hydrogen) atoms. The van der Waals surface area contributed by atoms with E-state index in [4.69, 9.17) is 27.9 Å². The summed E-state index contributed by atoms with van der Waals surface area (Å²) in [7, 11) is 0. The van der Waals surface area contributed by atoms with Gasteiger partial charge in [-0.15, -0.1) is 0 Å². The lowest BCUT2D eigenvalue weighted by Gasteiger charge is -2.10. The molecule has 6 heteroatoms. The summed E-state index contributed by atoms with van der Waals surface area (Å²) in [4.78, 5) is 0. The topological polar surface area (TPSA) is 18.5 Å². The molecular weight excluding hydrogens is 249 g/mol. The van der Waals surface area contributed by atoms with Crippen LogP contribution in [0.1, 0.15) is 6.92 Å². The van der Waals surface area contributed by atoms with Crippen molar-refractivity contribution in [2.45, 2.75) is 13.5 Å². The Morgan fingerprint density at radius 3 is 2.20 bits per heavy atom. The Morgan fingerprint density at radius 2 is 1.80 bits per heavy atom. The summed E-state index contributed by atoms with van der Waals surface area (Å²) >= 11 is 11.4. The van der Waals surface area contributed by atoms with Crippen LogP contribution in [0.4, 0.5) is 8.78 Å². The minimum Gasteiger partial charge on any atom is -0.494 e. The third-order valence-corrected chi connectivity index (χ3v) is 2.05. The van der Waals surface area contributed by atoms with E-state index in [1.54, 1.807) is 6.92 Å². The molecule has 84 valence electrons. The van der Waals surface area contributed by atoms with Crippen LogP contribution in [0.15, 0.2) is 12.1 Å². The summed E-state index contributed by atoms with van der Waals surface area (Å²) in [5.41, 5.74) is 0. The van der Waals surface area contributed by atoms with E-state index >= 15 is 0 Å².